The zero-order chi connectivity index (χ0) is 22.2. The summed E-state index contributed by atoms with van der Waals surface area (Å²) in [6, 6.07) is 8.83. The molecule has 0 bridgehead atoms. The van der Waals surface area contributed by atoms with E-state index in [1.54, 1.807) is 18.7 Å². The lowest BCUT2D eigenvalue weighted by Gasteiger charge is -2.36. The zero-order valence-corrected chi connectivity index (χ0v) is 18.8. The zero-order valence-electron chi connectivity index (χ0n) is 18.0. The number of hydrogen-bond acceptors (Lipinski definition) is 6. The van der Waals surface area contributed by atoms with Gasteiger partial charge in [-0.1, -0.05) is 12.1 Å². The van der Waals surface area contributed by atoms with E-state index in [0.717, 1.165) is 28.4 Å². The summed E-state index contributed by atoms with van der Waals surface area (Å²) >= 11 is 1.80. The van der Waals surface area contributed by atoms with Crippen LogP contribution in [-0.4, -0.2) is 32.1 Å². The normalized spacial score (nSPS) is 16.9. The molecule has 1 amide bonds. The molecule has 2 N–H and O–H groups in total. The molecule has 0 spiro atoms. The van der Waals surface area contributed by atoms with Crippen LogP contribution in [0.25, 0.3) is 11.0 Å². The van der Waals surface area contributed by atoms with E-state index in [-0.39, 0.29) is 29.9 Å². The topological polar surface area (TPSA) is 97.4 Å². The van der Waals surface area contributed by atoms with Gasteiger partial charge in [-0.15, -0.1) is 0 Å². The highest BCUT2D eigenvalue weighted by Gasteiger charge is 2.42. The monoisotopic (exact) mass is 441 g/mol. The Bertz CT molecular complexity index is 1180. The van der Waals surface area contributed by atoms with E-state index in [1.165, 1.54) is 6.07 Å². The smallest absolute Gasteiger partial charge is 0.227 e. The fourth-order valence-electron chi connectivity index (χ4n) is 4.43. The third-order valence-corrected chi connectivity index (χ3v) is 7.05. The van der Waals surface area contributed by atoms with Crippen molar-refractivity contribution in [2.24, 2.45) is 7.05 Å². The number of aromatic hydroxyl groups is 1. The third-order valence-electron chi connectivity index (χ3n) is 6.06. The molecule has 31 heavy (non-hydrogen) atoms. The Morgan fingerprint density at radius 1 is 1.35 bits per heavy atom. The predicted octanol–water partition coefficient (Wildman–Crippen LogP) is 3.57. The summed E-state index contributed by atoms with van der Waals surface area (Å²) in [5, 5.41) is 13.5. The lowest BCUT2D eigenvalue weighted by Crippen LogP contribution is -2.39. The van der Waals surface area contributed by atoms with Crippen molar-refractivity contribution in [1.82, 2.24) is 14.9 Å². The van der Waals surface area contributed by atoms with Crippen LogP contribution in [0.1, 0.15) is 49.6 Å². The summed E-state index contributed by atoms with van der Waals surface area (Å²) in [5.74, 6) is 2.58. The highest BCUT2D eigenvalue weighted by molar-refractivity contribution is 7.99. The van der Waals surface area contributed by atoms with Crippen molar-refractivity contribution >= 4 is 28.7 Å². The Kier molecular flexibility index (Phi) is 5.83. The van der Waals surface area contributed by atoms with Gasteiger partial charge in [0.2, 0.25) is 17.1 Å². The van der Waals surface area contributed by atoms with Gasteiger partial charge in [-0.05, 0) is 50.3 Å². The Balaban J connectivity index is 1.60. The first-order valence-electron chi connectivity index (χ1n) is 10.4. The van der Waals surface area contributed by atoms with E-state index in [4.69, 9.17) is 4.42 Å². The van der Waals surface area contributed by atoms with Gasteiger partial charge < -0.3 is 19.4 Å². The van der Waals surface area contributed by atoms with Gasteiger partial charge in [0.1, 0.15) is 11.6 Å². The number of nitrogens with zero attached hydrogens (tertiary/aromatic N) is 2. The molecule has 164 valence electrons. The number of carbonyl (C=O) groups excluding carboxylic acids is 1. The van der Waals surface area contributed by atoms with Gasteiger partial charge in [0, 0.05) is 24.9 Å². The second kappa shape index (κ2) is 8.42. The SMILES string of the molecule is Cc1cc(=O)c(O)c(C2(CC(=O)N[C@@H](C)c3nc4ccccc4n3C)CCSCC2)o1. The van der Waals surface area contributed by atoms with Gasteiger partial charge in [0.25, 0.3) is 0 Å². The second-order valence-electron chi connectivity index (χ2n) is 8.28. The maximum absolute atomic E-state index is 13.1. The summed E-state index contributed by atoms with van der Waals surface area (Å²) in [4.78, 5) is 30.0. The van der Waals surface area contributed by atoms with Gasteiger partial charge in [-0.25, -0.2) is 4.98 Å². The summed E-state index contributed by atoms with van der Waals surface area (Å²) in [5.41, 5.74) is 0.723. The van der Waals surface area contributed by atoms with Crippen molar-refractivity contribution in [2.75, 3.05) is 11.5 Å². The van der Waals surface area contributed by atoms with Gasteiger partial charge in [0.05, 0.1) is 17.1 Å². The van der Waals surface area contributed by atoms with E-state index in [1.807, 2.05) is 42.8 Å². The number of fused-ring (bicyclic) bond motifs is 1. The first kappa shape index (κ1) is 21.5. The van der Waals surface area contributed by atoms with Crippen molar-refractivity contribution in [2.45, 2.75) is 44.6 Å². The number of aromatic nitrogens is 2. The molecule has 8 heteroatoms. The second-order valence-corrected chi connectivity index (χ2v) is 9.50. The molecule has 2 aromatic heterocycles. The Labute approximate surface area is 184 Å². The molecule has 3 aromatic rings. The van der Waals surface area contributed by atoms with E-state index >= 15 is 0 Å². The van der Waals surface area contributed by atoms with Gasteiger partial charge in [-0.2, -0.15) is 11.8 Å². The number of thioether (sulfide) groups is 1. The predicted molar refractivity (Wildman–Crippen MR) is 122 cm³/mol. The molecule has 0 unspecified atom stereocenters. The maximum Gasteiger partial charge on any atom is 0.227 e. The molecular formula is C23H27N3O4S. The molecular weight excluding hydrogens is 414 g/mol. The fourth-order valence-corrected chi connectivity index (χ4v) is 5.70. The van der Waals surface area contributed by atoms with Crippen LogP contribution in [0.15, 0.2) is 39.5 Å². The first-order valence-corrected chi connectivity index (χ1v) is 11.6. The lowest BCUT2D eigenvalue weighted by molar-refractivity contribution is -0.123. The van der Waals surface area contributed by atoms with Gasteiger partial charge in [-0.3, -0.25) is 9.59 Å². The number of rotatable bonds is 5. The maximum atomic E-state index is 13.1. The number of nitrogens with one attached hydrogen (secondary N) is 1. The number of amides is 1. The van der Waals surface area contributed by atoms with Crippen molar-refractivity contribution in [3.05, 3.63) is 57.9 Å². The quantitative estimate of drug-likeness (QED) is 0.628. The van der Waals surface area contributed by atoms with Crippen molar-refractivity contribution in [1.29, 1.82) is 0 Å². The van der Waals surface area contributed by atoms with E-state index < -0.39 is 10.8 Å². The molecule has 1 aromatic carbocycles. The summed E-state index contributed by atoms with van der Waals surface area (Å²) < 4.78 is 7.81. The van der Waals surface area contributed by atoms with Crippen molar-refractivity contribution in [3.63, 3.8) is 0 Å². The number of benzene rings is 1. The largest absolute Gasteiger partial charge is 0.502 e. The van der Waals surface area contributed by atoms with E-state index in [9.17, 15) is 14.7 Å². The third kappa shape index (κ3) is 4.08. The number of hydrogen-bond donors (Lipinski definition) is 2. The van der Waals surface area contributed by atoms with Crippen LogP contribution in [0, 0.1) is 6.92 Å². The summed E-state index contributed by atoms with van der Waals surface area (Å²) in [6.07, 6.45) is 1.46. The Hall–Kier alpha value is -2.74. The van der Waals surface area contributed by atoms with Crippen LogP contribution < -0.4 is 10.7 Å². The Morgan fingerprint density at radius 3 is 2.77 bits per heavy atom. The van der Waals surface area contributed by atoms with E-state index in [0.29, 0.717) is 18.6 Å². The van der Waals surface area contributed by atoms with Crippen LogP contribution in [0.5, 0.6) is 5.75 Å². The molecule has 3 heterocycles. The molecule has 1 saturated heterocycles. The number of imidazole rings is 1. The molecule has 1 atom stereocenters. The summed E-state index contributed by atoms with van der Waals surface area (Å²) in [7, 11) is 1.94. The number of carbonyl (C=O) groups is 1. The van der Waals surface area contributed by atoms with Crippen molar-refractivity contribution in [3.8, 4) is 5.75 Å². The van der Waals surface area contributed by atoms with E-state index in [2.05, 4.69) is 10.3 Å². The summed E-state index contributed by atoms with van der Waals surface area (Å²) in [6.45, 7) is 3.59. The lowest BCUT2D eigenvalue weighted by atomic mass is 9.75. The molecule has 1 aliphatic rings. The molecule has 4 rings (SSSR count). The van der Waals surface area contributed by atoms with Crippen LogP contribution in [0.4, 0.5) is 0 Å². The van der Waals surface area contributed by atoms with Crippen LogP contribution in [0.2, 0.25) is 0 Å². The molecule has 1 aliphatic heterocycles. The van der Waals surface area contributed by atoms with Crippen LogP contribution in [-0.2, 0) is 17.3 Å². The Morgan fingerprint density at radius 2 is 2.06 bits per heavy atom. The van der Waals surface area contributed by atoms with Gasteiger partial charge >= 0.3 is 0 Å². The standard InChI is InChI=1S/C23H27N3O4S/c1-14-12-18(27)20(29)21(30-14)23(8-10-31-11-9-23)13-19(28)24-15(2)22-25-16-6-4-5-7-17(16)26(22)3/h4-7,12,15,29H,8-11,13H2,1-3H3,(H,24,28)/t15-/m0/s1. The molecule has 0 aliphatic carbocycles. The van der Waals surface area contributed by atoms with Crippen LogP contribution in [0.3, 0.4) is 0 Å². The molecule has 0 saturated carbocycles. The van der Waals surface area contributed by atoms with Crippen LogP contribution >= 0.6 is 11.8 Å². The molecule has 0 radical (unpaired) electrons. The first-order chi connectivity index (χ1) is 14.8. The minimum atomic E-state index is -0.698. The van der Waals surface area contributed by atoms with Gasteiger partial charge in [0.15, 0.2) is 5.76 Å². The average Bonchev–Trinajstić information content (AvgIpc) is 3.08. The minimum Gasteiger partial charge on any atom is -0.502 e. The fraction of sp³-hybridized carbons (Fsp3) is 0.435. The molecule has 7 nitrogen and oxygen atoms in total. The highest BCUT2D eigenvalue weighted by atomic mass is 32.2. The number of para-hydroxylation sites is 2. The molecule has 1 fully saturated rings. The van der Waals surface area contributed by atoms with Crippen molar-refractivity contribution < 1.29 is 14.3 Å². The highest BCUT2D eigenvalue weighted by Crippen LogP contribution is 2.44. The minimum absolute atomic E-state index is 0.141. The average molecular weight is 442 g/mol. The number of aryl methyl sites for hydroxylation is 2.